The Balaban J connectivity index is 2.05. The molecule has 2 N–H and O–H groups in total. The number of nitrogens with zero attached hydrogens (tertiary/aromatic N) is 2. The molecule has 0 unspecified atom stereocenters. The van der Waals surface area contributed by atoms with Crippen LogP contribution in [0.4, 0.5) is 5.82 Å². The lowest BCUT2D eigenvalue weighted by Crippen LogP contribution is -2.33. The Labute approximate surface area is 154 Å². The van der Waals surface area contributed by atoms with Gasteiger partial charge in [-0.1, -0.05) is 30.3 Å². The Bertz CT molecular complexity index is 810. The number of fused-ring (bicyclic) bond motifs is 1. The van der Waals surface area contributed by atoms with Crippen LogP contribution in [0.2, 0.25) is 0 Å². The predicted molar refractivity (Wildman–Crippen MR) is 101 cm³/mol. The van der Waals surface area contributed by atoms with Gasteiger partial charge < -0.3 is 15.2 Å². The summed E-state index contributed by atoms with van der Waals surface area (Å²) in [6.45, 7) is 5.27. The van der Waals surface area contributed by atoms with Crippen LogP contribution in [0.1, 0.15) is 48.2 Å². The van der Waals surface area contributed by atoms with E-state index >= 15 is 0 Å². The molecule has 26 heavy (non-hydrogen) atoms. The number of aliphatic hydroxyl groups is 1. The molecular weight excluding hydrogens is 326 g/mol. The molecule has 2 aromatic rings. The number of hydrogen-bond acceptors (Lipinski definition) is 5. The maximum Gasteiger partial charge on any atom is 0.144 e. The predicted octanol–water partition coefficient (Wildman–Crippen LogP) is 3.19. The van der Waals surface area contributed by atoms with E-state index in [0.717, 1.165) is 16.8 Å². The van der Waals surface area contributed by atoms with Crippen LogP contribution in [-0.4, -0.2) is 28.8 Å². The highest BCUT2D eigenvalue weighted by molar-refractivity contribution is 5.60. The lowest BCUT2D eigenvalue weighted by Gasteiger charge is -2.33. The standard InChI is InChI=1S/C21H25N3O2/c1-21(2)12-16-17(13-22)20(23-9-6-10-25)24-19(18(16)14-26-21)11-15-7-4-3-5-8-15/h3-5,7-8,25H,6,9-12,14H2,1-2H3,(H,23,24). The smallest absolute Gasteiger partial charge is 0.144 e. The molecule has 1 aromatic heterocycles. The molecule has 0 saturated heterocycles. The van der Waals surface area contributed by atoms with E-state index in [1.54, 1.807) is 0 Å². The molecule has 1 aliphatic rings. The second kappa shape index (κ2) is 7.86. The molecule has 2 heterocycles. The van der Waals surface area contributed by atoms with Gasteiger partial charge in [0.2, 0.25) is 0 Å². The summed E-state index contributed by atoms with van der Waals surface area (Å²) in [5, 5.41) is 22.0. The second-order valence-electron chi connectivity index (χ2n) is 7.24. The molecule has 0 spiro atoms. The number of hydrogen-bond donors (Lipinski definition) is 2. The Kier molecular flexibility index (Phi) is 5.55. The molecule has 0 fully saturated rings. The van der Waals surface area contributed by atoms with Crippen molar-refractivity contribution in [1.82, 2.24) is 4.98 Å². The van der Waals surface area contributed by atoms with Crippen LogP contribution in [0.5, 0.6) is 0 Å². The van der Waals surface area contributed by atoms with E-state index in [9.17, 15) is 5.26 Å². The minimum atomic E-state index is -0.299. The first-order chi connectivity index (χ1) is 12.5. The Morgan fingerprint density at radius 2 is 2.04 bits per heavy atom. The van der Waals surface area contributed by atoms with Crippen molar-refractivity contribution in [3.63, 3.8) is 0 Å². The van der Waals surface area contributed by atoms with Crippen molar-refractivity contribution in [2.75, 3.05) is 18.5 Å². The van der Waals surface area contributed by atoms with E-state index in [-0.39, 0.29) is 12.2 Å². The van der Waals surface area contributed by atoms with Crippen molar-refractivity contribution < 1.29 is 9.84 Å². The highest BCUT2D eigenvalue weighted by Crippen LogP contribution is 2.34. The molecule has 0 aliphatic carbocycles. The summed E-state index contributed by atoms with van der Waals surface area (Å²) in [6, 6.07) is 12.5. The third-order valence-electron chi connectivity index (χ3n) is 4.66. The average Bonchev–Trinajstić information content (AvgIpc) is 2.62. The number of aromatic nitrogens is 1. The number of nitrogens with one attached hydrogen (secondary N) is 1. The summed E-state index contributed by atoms with van der Waals surface area (Å²) in [4.78, 5) is 4.78. The van der Waals surface area contributed by atoms with Crippen molar-refractivity contribution in [2.24, 2.45) is 0 Å². The fourth-order valence-electron chi connectivity index (χ4n) is 3.31. The first-order valence-electron chi connectivity index (χ1n) is 9.01. The van der Waals surface area contributed by atoms with Crippen molar-refractivity contribution in [1.29, 1.82) is 5.26 Å². The molecule has 1 aromatic carbocycles. The Morgan fingerprint density at radius 1 is 1.27 bits per heavy atom. The van der Waals surface area contributed by atoms with E-state index in [4.69, 9.17) is 14.8 Å². The van der Waals surface area contributed by atoms with Crippen LogP contribution < -0.4 is 5.32 Å². The molecule has 5 nitrogen and oxygen atoms in total. The largest absolute Gasteiger partial charge is 0.396 e. The Hall–Kier alpha value is -2.42. The van der Waals surface area contributed by atoms with Gasteiger partial charge >= 0.3 is 0 Å². The van der Waals surface area contributed by atoms with Crippen LogP contribution in [-0.2, 0) is 24.2 Å². The minimum absolute atomic E-state index is 0.109. The van der Waals surface area contributed by atoms with Crippen LogP contribution in [0.15, 0.2) is 30.3 Å². The number of aliphatic hydroxyl groups excluding tert-OH is 1. The third-order valence-corrected chi connectivity index (χ3v) is 4.66. The summed E-state index contributed by atoms with van der Waals surface area (Å²) in [5.74, 6) is 0.614. The lowest BCUT2D eigenvalue weighted by molar-refractivity contribution is -0.0406. The lowest BCUT2D eigenvalue weighted by atomic mass is 9.87. The topological polar surface area (TPSA) is 78.2 Å². The number of ether oxygens (including phenoxy) is 1. The number of anilines is 1. The first kappa shape index (κ1) is 18.4. The molecule has 0 bridgehead atoms. The zero-order valence-corrected chi connectivity index (χ0v) is 15.4. The van der Waals surface area contributed by atoms with Gasteiger partial charge in [-0.2, -0.15) is 5.26 Å². The maximum absolute atomic E-state index is 9.76. The molecule has 3 rings (SSSR count). The van der Waals surface area contributed by atoms with Crippen LogP contribution >= 0.6 is 0 Å². The summed E-state index contributed by atoms with van der Waals surface area (Å²) < 4.78 is 6.01. The van der Waals surface area contributed by atoms with Gasteiger partial charge in [0, 0.05) is 31.6 Å². The summed E-state index contributed by atoms with van der Waals surface area (Å²) >= 11 is 0. The zero-order valence-electron chi connectivity index (χ0n) is 15.4. The third kappa shape index (κ3) is 4.04. The maximum atomic E-state index is 9.76. The van der Waals surface area contributed by atoms with E-state index < -0.39 is 0 Å². The van der Waals surface area contributed by atoms with Gasteiger partial charge in [-0.15, -0.1) is 0 Å². The minimum Gasteiger partial charge on any atom is -0.396 e. The highest BCUT2D eigenvalue weighted by atomic mass is 16.5. The van der Waals surface area contributed by atoms with Crippen LogP contribution in [0.25, 0.3) is 0 Å². The average molecular weight is 351 g/mol. The normalized spacial score (nSPS) is 15.2. The van der Waals surface area contributed by atoms with Crippen LogP contribution in [0, 0.1) is 11.3 Å². The summed E-state index contributed by atoms with van der Waals surface area (Å²) in [5.41, 5.74) is 4.51. The van der Waals surface area contributed by atoms with E-state index in [1.807, 2.05) is 32.0 Å². The monoisotopic (exact) mass is 351 g/mol. The fourth-order valence-corrected chi connectivity index (χ4v) is 3.31. The zero-order chi connectivity index (χ0) is 18.6. The van der Waals surface area contributed by atoms with Gasteiger partial charge in [0.05, 0.1) is 23.5 Å². The summed E-state index contributed by atoms with van der Waals surface area (Å²) in [6.07, 6.45) is 2.00. The van der Waals surface area contributed by atoms with Gasteiger partial charge in [-0.05, 0) is 31.4 Å². The van der Waals surface area contributed by atoms with E-state index in [1.165, 1.54) is 5.56 Å². The molecule has 5 heteroatoms. The van der Waals surface area contributed by atoms with Gasteiger partial charge in [-0.3, -0.25) is 0 Å². The molecule has 0 radical (unpaired) electrons. The van der Waals surface area contributed by atoms with Crippen LogP contribution in [0.3, 0.4) is 0 Å². The Morgan fingerprint density at radius 3 is 2.73 bits per heavy atom. The molecule has 0 amide bonds. The van der Waals surface area contributed by atoms with Crippen molar-refractivity contribution >= 4 is 5.82 Å². The number of pyridine rings is 1. The van der Waals surface area contributed by atoms with Crippen molar-refractivity contribution in [3.05, 3.63) is 58.3 Å². The number of rotatable bonds is 6. The molecule has 136 valence electrons. The highest BCUT2D eigenvalue weighted by Gasteiger charge is 2.31. The molecule has 1 aliphatic heterocycles. The summed E-state index contributed by atoms with van der Waals surface area (Å²) in [7, 11) is 0. The molecular formula is C21H25N3O2. The molecule has 0 saturated carbocycles. The van der Waals surface area contributed by atoms with Gasteiger partial charge in [0.1, 0.15) is 11.9 Å². The first-order valence-corrected chi connectivity index (χ1v) is 9.01. The van der Waals surface area contributed by atoms with Crippen molar-refractivity contribution in [3.8, 4) is 6.07 Å². The SMILES string of the molecule is CC1(C)Cc2c(C#N)c(NCCCO)nc(Cc3ccccc3)c2CO1. The van der Waals surface area contributed by atoms with Gasteiger partial charge in [-0.25, -0.2) is 4.98 Å². The molecule has 0 atom stereocenters. The second-order valence-corrected chi connectivity index (χ2v) is 7.24. The fraction of sp³-hybridized carbons (Fsp3) is 0.429. The number of nitriles is 1. The number of benzene rings is 1. The van der Waals surface area contributed by atoms with E-state index in [2.05, 4.69) is 23.5 Å². The quantitative estimate of drug-likeness (QED) is 0.782. The van der Waals surface area contributed by atoms with Gasteiger partial charge in [0.25, 0.3) is 0 Å². The van der Waals surface area contributed by atoms with Crippen molar-refractivity contribution in [2.45, 2.75) is 45.3 Å². The van der Waals surface area contributed by atoms with E-state index in [0.29, 0.717) is 43.8 Å². The van der Waals surface area contributed by atoms with Gasteiger partial charge in [0.15, 0.2) is 0 Å².